The number of amides is 3. The number of rotatable bonds is 6. The van der Waals surface area contributed by atoms with E-state index in [1.807, 2.05) is 11.9 Å². The number of aliphatic imine (C=N–C) groups is 1. The van der Waals surface area contributed by atoms with Crippen molar-refractivity contribution in [3.05, 3.63) is 0 Å². The van der Waals surface area contributed by atoms with E-state index in [0.29, 0.717) is 0 Å². The number of likely N-dealkylation sites (N-methyl/N-ethyl adjacent to an activating group) is 3. The highest BCUT2D eigenvalue weighted by Gasteiger charge is 2.49. The second-order valence-corrected chi connectivity index (χ2v) is 5.97. The molecular weight excluding hydrogens is 268 g/mol. The summed E-state index contributed by atoms with van der Waals surface area (Å²) in [5, 5.41) is 0. The SMILES string of the molecule is CCCCCCCC1=NC2C(C(=O)N(C)C(=O)N2C)N1C. The first-order chi connectivity index (χ1) is 9.99. The van der Waals surface area contributed by atoms with Gasteiger partial charge in [0.15, 0.2) is 12.2 Å². The Morgan fingerprint density at radius 3 is 2.33 bits per heavy atom. The van der Waals surface area contributed by atoms with Crippen LogP contribution in [0.25, 0.3) is 0 Å². The average molecular weight is 294 g/mol. The van der Waals surface area contributed by atoms with E-state index >= 15 is 0 Å². The van der Waals surface area contributed by atoms with Gasteiger partial charge in [0.05, 0.1) is 0 Å². The number of carbonyl (C=O) groups excluding carboxylic acids is 2. The largest absolute Gasteiger partial charge is 0.348 e. The van der Waals surface area contributed by atoms with E-state index < -0.39 is 0 Å². The van der Waals surface area contributed by atoms with Crippen LogP contribution in [0.3, 0.4) is 0 Å². The van der Waals surface area contributed by atoms with E-state index in [-0.39, 0.29) is 24.1 Å². The zero-order valence-electron chi connectivity index (χ0n) is 13.5. The number of urea groups is 1. The molecule has 118 valence electrons. The summed E-state index contributed by atoms with van der Waals surface area (Å²) in [6.07, 6.45) is 6.56. The fourth-order valence-corrected chi connectivity index (χ4v) is 3.04. The molecular formula is C15H26N4O2. The fraction of sp³-hybridized carbons (Fsp3) is 0.800. The van der Waals surface area contributed by atoms with Gasteiger partial charge in [0.25, 0.3) is 5.91 Å². The number of imide groups is 1. The average Bonchev–Trinajstić information content (AvgIpc) is 2.80. The van der Waals surface area contributed by atoms with Gasteiger partial charge >= 0.3 is 6.03 Å². The number of carbonyl (C=O) groups is 2. The van der Waals surface area contributed by atoms with Crippen molar-refractivity contribution in [2.24, 2.45) is 4.99 Å². The molecule has 0 aromatic heterocycles. The molecule has 2 aliphatic heterocycles. The minimum atomic E-state index is -0.364. The number of unbranched alkanes of at least 4 members (excludes halogenated alkanes) is 4. The van der Waals surface area contributed by atoms with Crippen LogP contribution in [0, 0.1) is 0 Å². The molecule has 2 rings (SSSR count). The molecule has 0 spiro atoms. The number of hydrogen-bond acceptors (Lipinski definition) is 4. The van der Waals surface area contributed by atoms with Gasteiger partial charge in [-0.2, -0.15) is 0 Å². The molecule has 1 fully saturated rings. The molecule has 0 aliphatic carbocycles. The number of hydrogen-bond donors (Lipinski definition) is 0. The third kappa shape index (κ3) is 2.89. The Kier molecular flexibility index (Phi) is 4.85. The van der Waals surface area contributed by atoms with Crippen molar-refractivity contribution in [2.75, 3.05) is 21.1 Å². The van der Waals surface area contributed by atoms with Crippen LogP contribution in [0.2, 0.25) is 0 Å². The van der Waals surface area contributed by atoms with Crippen molar-refractivity contribution in [1.82, 2.24) is 14.7 Å². The summed E-state index contributed by atoms with van der Waals surface area (Å²) in [4.78, 5) is 33.6. The summed E-state index contributed by atoms with van der Waals surface area (Å²) in [7, 11) is 5.16. The summed E-state index contributed by atoms with van der Waals surface area (Å²) < 4.78 is 0. The molecule has 21 heavy (non-hydrogen) atoms. The fourth-order valence-electron chi connectivity index (χ4n) is 3.04. The van der Waals surface area contributed by atoms with Crippen LogP contribution < -0.4 is 0 Å². The Balaban J connectivity index is 1.99. The Bertz CT molecular complexity index is 449. The van der Waals surface area contributed by atoms with Gasteiger partial charge in [-0.3, -0.25) is 9.69 Å². The molecule has 0 aromatic rings. The first-order valence-corrected chi connectivity index (χ1v) is 7.83. The van der Waals surface area contributed by atoms with Crippen LogP contribution in [0.15, 0.2) is 4.99 Å². The molecule has 0 N–H and O–H groups in total. The van der Waals surface area contributed by atoms with E-state index in [2.05, 4.69) is 11.9 Å². The van der Waals surface area contributed by atoms with E-state index in [9.17, 15) is 9.59 Å². The molecule has 0 bridgehead atoms. The van der Waals surface area contributed by atoms with Gasteiger partial charge in [-0.15, -0.1) is 0 Å². The Hall–Kier alpha value is -1.59. The van der Waals surface area contributed by atoms with Gasteiger partial charge in [-0.1, -0.05) is 32.6 Å². The van der Waals surface area contributed by atoms with Crippen LogP contribution in [0.5, 0.6) is 0 Å². The van der Waals surface area contributed by atoms with E-state index in [1.54, 1.807) is 11.9 Å². The quantitative estimate of drug-likeness (QED) is 0.703. The minimum Gasteiger partial charge on any atom is -0.348 e. The van der Waals surface area contributed by atoms with Crippen LogP contribution in [0.1, 0.15) is 45.4 Å². The van der Waals surface area contributed by atoms with Crippen molar-refractivity contribution in [3.63, 3.8) is 0 Å². The molecule has 0 radical (unpaired) electrons. The van der Waals surface area contributed by atoms with Gasteiger partial charge < -0.3 is 9.80 Å². The zero-order chi connectivity index (χ0) is 15.6. The molecule has 2 atom stereocenters. The smallest absolute Gasteiger partial charge is 0.328 e. The molecule has 0 saturated carbocycles. The van der Waals surface area contributed by atoms with Crippen molar-refractivity contribution in [3.8, 4) is 0 Å². The van der Waals surface area contributed by atoms with Crippen LogP contribution in [-0.2, 0) is 4.79 Å². The maximum absolute atomic E-state index is 12.3. The summed E-state index contributed by atoms with van der Waals surface area (Å²) in [5.74, 6) is 0.792. The second kappa shape index (κ2) is 6.45. The summed E-state index contributed by atoms with van der Waals surface area (Å²) >= 11 is 0. The maximum atomic E-state index is 12.3. The lowest BCUT2D eigenvalue weighted by molar-refractivity contribution is -0.135. The normalized spacial score (nSPS) is 25.5. The van der Waals surface area contributed by atoms with Crippen LogP contribution in [0.4, 0.5) is 4.79 Å². The Morgan fingerprint density at radius 2 is 1.67 bits per heavy atom. The molecule has 2 heterocycles. The molecule has 2 aliphatic rings. The molecule has 3 amide bonds. The topological polar surface area (TPSA) is 56.2 Å². The first kappa shape index (κ1) is 15.8. The highest BCUT2D eigenvalue weighted by molar-refractivity contribution is 6.03. The van der Waals surface area contributed by atoms with Gasteiger partial charge in [0, 0.05) is 27.6 Å². The number of fused-ring (bicyclic) bond motifs is 1. The van der Waals surface area contributed by atoms with E-state index in [4.69, 9.17) is 0 Å². The lowest BCUT2D eigenvalue weighted by Gasteiger charge is -2.39. The predicted molar refractivity (Wildman–Crippen MR) is 82.1 cm³/mol. The Labute approximate surface area is 126 Å². The van der Waals surface area contributed by atoms with Gasteiger partial charge in [-0.25, -0.2) is 9.79 Å². The van der Waals surface area contributed by atoms with Crippen molar-refractivity contribution in [1.29, 1.82) is 0 Å². The van der Waals surface area contributed by atoms with Gasteiger partial charge in [0.1, 0.15) is 5.84 Å². The molecule has 6 heteroatoms. The van der Waals surface area contributed by atoms with Crippen LogP contribution >= 0.6 is 0 Å². The van der Waals surface area contributed by atoms with Gasteiger partial charge in [-0.05, 0) is 6.42 Å². The highest BCUT2D eigenvalue weighted by Crippen LogP contribution is 2.27. The number of amidine groups is 1. The maximum Gasteiger partial charge on any atom is 0.328 e. The number of nitrogens with zero attached hydrogens (tertiary/aromatic N) is 4. The lowest BCUT2D eigenvalue weighted by atomic mass is 10.1. The van der Waals surface area contributed by atoms with Crippen molar-refractivity contribution >= 4 is 17.8 Å². The summed E-state index contributed by atoms with van der Waals surface area (Å²) in [6.45, 7) is 2.20. The second-order valence-electron chi connectivity index (χ2n) is 5.97. The monoisotopic (exact) mass is 294 g/mol. The third-order valence-corrected chi connectivity index (χ3v) is 4.46. The summed E-state index contributed by atoms with van der Waals surface area (Å²) in [6, 6.07) is -0.633. The lowest BCUT2D eigenvalue weighted by Crippen LogP contribution is -2.63. The first-order valence-electron chi connectivity index (χ1n) is 7.83. The van der Waals surface area contributed by atoms with Gasteiger partial charge in [0.2, 0.25) is 0 Å². The Morgan fingerprint density at radius 1 is 1.00 bits per heavy atom. The molecule has 2 unspecified atom stereocenters. The zero-order valence-corrected chi connectivity index (χ0v) is 13.5. The van der Waals surface area contributed by atoms with Crippen LogP contribution in [-0.4, -0.2) is 65.8 Å². The van der Waals surface area contributed by atoms with E-state index in [1.165, 1.54) is 37.6 Å². The highest BCUT2D eigenvalue weighted by atomic mass is 16.2. The minimum absolute atomic E-state index is 0.157. The third-order valence-electron chi connectivity index (χ3n) is 4.46. The summed E-state index contributed by atoms with van der Waals surface area (Å²) in [5.41, 5.74) is 0. The standard InChI is InChI=1S/C15H26N4O2/c1-5-6-7-8-9-10-11-16-13-12(17(11)2)14(20)19(4)15(21)18(13)3/h12-13H,5-10H2,1-4H3. The molecule has 1 saturated heterocycles. The molecule has 0 aromatic carbocycles. The van der Waals surface area contributed by atoms with E-state index in [0.717, 1.165) is 18.7 Å². The van der Waals surface area contributed by atoms with Crippen molar-refractivity contribution < 1.29 is 9.59 Å². The van der Waals surface area contributed by atoms with Crippen molar-refractivity contribution in [2.45, 2.75) is 57.7 Å². The molecule has 6 nitrogen and oxygen atoms in total. The predicted octanol–water partition coefficient (Wildman–Crippen LogP) is 1.91.